The number of hydrogen-bond acceptors (Lipinski definition) is 3. The normalized spacial score (nSPS) is 18.3. The molecule has 184 valence electrons. The van der Waals surface area contributed by atoms with Crippen LogP contribution in [-0.4, -0.2) is 23.5 Å². The van der Waals surface area contributed by atoms with Gasteiger partial charge in [-0.25, -0.2) is 0 Å². The second-order valence-electron chi connectivity index (χ2n) is 7.38. The fraction of sp³-hybridized carbons (Fsp3) is 0.333. The van der Waals surface area contributed by atoms with Gasteiger partial charge in [0, 0.05) is 40.7 Å². The minimum absolute atomic E-state index is 0.129. The number of thiocarbonyl (C=S) groups is 1. The van der Waals surface area contributed by atoms with Gasteiger partial charge < -0.3 is 15.5 Å². The van der Waals surface area contributed by atoms with Gasteiger partial charge in [0.15, 0.2) is 5.11 Å². The third-order valence-corrected chi connectivity index (χ3v) is 5.90. The van der Waals surface area contributed by atoms with Crippen LogP contribution in [0.2, 0.25) is 10.0 Å². The number of alkyl halides is 6. The van der Waals surface area contributed by atoms with E-state index < -0.39 is 40.5 Å². The van der Waals surface area contributed by atoms with E-state index in [1.807, 2.05) is 6.92 Å². The summed E-state index contributed by atoms with van der Waals surface area (Å²) in [5, 5.41) is 9.53. The van der Waals surface area contributed by atoms with E-state index in [0.29, 0.717) is 29.4 Å². The van der Waals surface area contributed by atoms with Crippen LogP contribution in [-0.2, 0) is 23.2 Å². The number of benzene rings is 2. The molecule has 0 aliphatic carbocycles. The Bertz CT molecular complexity index is 1120. The molecule has 13 heteroatoms. The molecule has 34 heavy (non-hydrogen) atoms. The SMILES string of the molecule is CCNC(=S)NCc1ccc(C2=NOC(c3cc(Cl)cc(C(F)(F)F)c3)(C(F)(F)F)C2)cc1Cl. The molecule has 0 bridgehead atoms. The fourth-order valence-corrected chi connectivity index (χ4v) is 4.01. The molecular formula is C21H17Cl2F6N3OS. The van der Waals surface area contributed by atoms with Gasteiger partial charge in [0.1, 0.15) is 0 Å². The van der Waals surface area contributed by atoms with Gasteiger partial charge >= 0.3 is 12.4 Å². The largest absolute Gasteiger partial charge is 0.435 e. The molecule has 1 heterocycles. The van der Waals surface area contributed by atoms with E-state index in [4.69, 9.17) is 40.3 Å². The number of halogens is 8. The van der Waals surface area contributed by atoms with E-state index in [1.54, 1.807) is 6.07 Å². The highest BCUT2D eigenvalue weighted by molar-refractivity contribution is 7.80. The van der Waals surface area contributed by atoms with E-state index in [9.17, 15) is 26.3 Å². The number of nitrogens with one attached hydrogen (secondary N) is 2. The second-order valence-corrected chi connectivity index (χ2v) is 8.63. The van der Waals surface area contributed by atoms with Crippen molar-refractivity contribution in [3.8, 4) is 0 Å². The first-order chi connectivity index (χ1) is 15.8. The van der Waals surface area contributed by atoms with Crippen LogP contribution in [0.4, 0.5) is 26.3 Å². The summed E-state index contributed by atoms with van der Waals surface area (Å²) in [7, 11) is 0. The quantitative estimate of drug-likeness (QED) is 0.330. The molecule has 1 unspecified atom stereocenters. The lowest BCUT2D eigenvalue weighted by molar-refractivity contribution is -0.276. The van der Waals surface area contributed by atoms with Gasteiger partial charge in [0.05, 0.1) is 11.3 Å². The Morgan fingerprint density at radius 2 is 1.79 bits per heavy atom. The van der Waals surface area contributed by atoms with E-state index in [-0.39, 0.29) is 22.8 Å². The third kappa shape index (κ3) is 5.52. The number of oxime groups is 1. The van der Waals surface area contributed by atoms with Crippen molar-refractivity contribution < 1.29 is 31.2 Å². The van der Waals surface area contributed by atoms with Gasteiger partial charge in [-0.1, -0.05) is 40.5 Å². The summed E-state index contributed by atoms with van der Waals surface area (Å²) in [5.74, 6) is 0. The number of rotatable bonds is 5. The van der Waals surface area contributed by atoms with Crippen LogP contribution in [0.1, 0.15) is 35.6 Å². The highest BCUT2D eigenvalue weighted by Gasteiger charge is 2.62. The third-order valence-electron chi connectivity index (χ3n) is 5.04. The molecule has 2 aromatic carbocycles. The molecule has 1 aliphatic rings. The van der Waals surface area contributed by atoms with Gasteiger partial charge in [-0.2, -0.15) is 26.3 Å². The van der Waals surface area contributed by atoms with Gasteiger partial charge in [-0.05, 0) is 49.0 Å². The Kier molecular flexibility index (Phi) is 7.59. The Balaban J connectivity index is 1.90. The molecule has 0 saturated heterocycles. The van der Waals surface area contributed by atoms with Crippen LogP contribution in [0.3, 0.4) is 0 Å². The maximum atomic E-state index is 14.2. The van der Waals surface area contributed by atoms with E-state index in [1.165, 1.54) is 12.1 Å². The van der Waals surface area contributed by atoms with Crippen molar-refractivity contribution in [2.75, 3.05) is 6.54 Å². The summed E-state index contributed by atoms with van der Waals surface area (Å²) in [5.41, 5.74) is -4.55. The average Bonchev–Trinajstić information content (AvgIpc) is 3.19. The van der Waals surface area contributed by atoms with Crippen LogP contribution < -0.4 is 10.6 Å². The molecule has 2 N–H and O–H groups in total. The Morgan fingerprint density at radius 1 is 1.09 bits per heavy atom. The predicted molar refractivity (Wildman–Crippen MR) is 121 cm³/mol. The topological polar surface area (TPSA) is 45.7 Å². The highest BCUT2D eigenvalue weighted by atomic mass is 35.5. The smallest absolute Gasteiger partial charge is 0.374 e. The molecule has 0 saturated carbocycles. The first-order valence-corrected chi connectivity index (χ1v) is 10.9. The zero-order valence-electron chi connectivity index (χ0n) is 17.4. The molecule has 3 rings (SSSR count). The van der Waals surface area contributed by atoms with Crippen molar-refractivity contribution in [3.63, 3.8) is 0 Å². The van der Waals surface area contributed by atoms with E-state index in [2.05, 4.69) is 15.8 Å². The van der Waals surface area contributed by atoms with Crippen LogP contribution >= 0.6 is 35.4 Å². The molecule has 0 aromatic heterocycles. The monoisotopic (exact) mass is 543 g/mol. The van der Waals surface area contributed by atoms with Crippen LogP contribution in [0.15, 0.2) is 41.6 Å². The number of hydrogen-bond donors (Lipinski definition) is 2. The first kappa shape index (κ1) is 26.4. The fourth-order valence-electron chi connectivity index (χ4n) is 3.31. The summed E-state index contributed by atoms with van der Waals surface area (Å²) in [4.78, 5) is 4.81. The lowest BCUT2D eigenvalue weighted by atomic mass is 9.85. The molecule has 4 nitrogen and oxygen atoms in total. The van der Waals surface area contributed by atoms with Crippen LogP contribution in [0.5, 0.6) is 0 Å². The summed E-state index contributed by atoms with van der Waals surface area (Å²) in [6, 6.07) is 6.18. The maximum Gasteiger partial charge on any atom is 0.435 e. The number of nitrogens with zero attached hydrogens (tertiary/aromatic N) is 1. The van der Waals surface area contributed by atoms with Gasteiger partial charge in [0.25, 0.3) is 5.60 Å². The maximum absolute atomic E-state index is 14.2. The lowest BCUT2D eigenvalue weighted by Crippen LogP contribution is -2.43. The van der Waals surface area contributed by atoms with E-state index in [0.717, 1.165) is 6.07 Å². The Labute approximate surface area is 206 Å². The summed E-state index contributed by atoms with van der Waals surface area (Å²) in [6.45, 7) is 2.76. The van der Waals surface area contributed by atoms with Gasteiger partial charge in [-0.15, -0.1) is 0 Å². The molecule has 0 fully saturated rings. The molecule has 1 atom stereocenters. The molecule has 2 aromatic rings. The zero-order chi connectivity index (χ0) is 25.3. The van der Waals surface area contributed by atoms with E-state index >= 15 is 0 Å². The van der Waals surface area contributed by atoms with Crippen molar-refractivity contribution in [1.29, 1.82) is 0 Å². The Hall–Kier alpha value is -2.24. The summed E-state index contributed by atoms with van der Waals surface area (Å²) >= 11 is 17.1. The molecular weight excluding hydrogens is 527 g/mol. The van der Waals surface area contributed by atoms with Crippen molar-refractivity contribution >= 4 is 46.2 Å². The molecule has 0 amide bonds. The predicted octanol–water partition coefficient (Wildman–Crippen LogP) is 6.58. The molecule has 1 aliphatic heterocycles. The Morgan fingerprint density at radius 3 is 2.38 bits per heavy atom. The zero-order valence-corrected chi connectivity index (χ0v) is 19.7. The summed E-state index contributed by atoms with van der Waals surface area (Å²) < 4.78 is 82.1. The minimum atomic E-state index is -5.10. The van der Waals surface area contributed by atoms with Crippen LogP contribution in [0.25, 0.3) is 0 Å². The second kappa shape index (κ2) is 9.79. The standard InChI is InChI=1S/C21H17Cl2F6N3OS/c1-2-30-18(34)31-10-12-4-3-11(5-16(12)23)17-9-19(33-32-17,21(27,28)29)13-6-14(20(24,25)26)8-15(22)7-13/h3-8H,2,9-10H2,1H3,(H2,30,31,34). The minimum Gasteiger partial charge on any atom is -0.374 e. The highest BCUT2D eigenvalue weighted by Crippen LogP contribution is 2.50. The molecule has 0 spiro atoms. The average molecular weight is 544 g/mol. The first-order valence-electron chi connectivity index (χ1n) is 9.77. The van der Waals surface area contributed by atoms with Crippen molar-refractivity contribution in [1.82, 2.24) is 10.6 Å². The summed E-state index contributed by atoms with van der Waals surface area (Å²) in [6.07, 6.45) is -10.9. The van der Waals surface area contributed by atoms with Crippen LogP contribution in [0, 0.1) is 0 Å². The van der Waals surface area contributed by atoms with Crippen molar-refractivity contribution in [2.45, 2.75) is 37.8 Å². The van der Waals surface area contributed by atoms with Crippen molar-refractivity contribution in [3.05, 3.63) is 68.7 Å². The lowest BCUT2D eigenvalue weighted by Gasteiger charge is -2.30. The molecule has 0 radical (unpaired) electrons. The van der Waals surface area contributed by atoms with Gasteiger partial charge in [0.2, 0.25) is 0 Å². The van der Waals surface area contributed by atoms with Gasteiger partial charge in [-0.3, -0.25) is 0 Å². The van der Waals surface area contributed by atoms with Crippen molar-refractivity contribution in [2.24, 2.45) is 5.16 Å².